The van der Waals surface area contributed by atoms with E-state index in [0.29, 0.717) is 50.1 Å². The number of unbranched alkanes of at least 4 members (excludes halogenated alkanes) is 1. The normalized spacial score (nSPS) is 17.4. The van der Waals surface area contributed by atoms with Gasteiger partial charge in [0.1, 0.15) is 30.5 Å². The van der Waals surface area contributed by atoms with E-state index in [4.69, 9.17) is 15.2 Å². The lowest BCUT2D eigenvalue weighted by molar-refractivity contribution is -0.148. The molecule has 0 aromatic heterocycles. The van der Waals surface area contributed by atoms with Crippen LogP contribution in [0.4, 0.5) is 0 Å². The number of para-hydroxylation sites is 1. The number of nitrogens with one attached hydrogen (secondary N) is 3. The molecule has 1 aliphatic rings. The molecular weight excluding hydrogens is 730 g/mol. The first kappa shape index (κ1) is 44.4. The second-order valence-electron chi connectivity index (χ2n) is 14.4. The van der Waals surface area contributed by atoms with Gasteiger partial charge in [-0.15, -0.1) is 0 Å². The topological polar surface area (TPSA) is 210 Å². The molecule has 1 aliphatic heterocycles. The highest BCUT2D eigenvalue weighted by atomic mass is 16.5. The summed E-state index contributed by atoms with van der Waals surface area (Å²) in [4.78, 5) is 68.2. The summed E-state index contributed by atoms with van der Waals surface area (Å²) in [5.41, 5.74) is 7.90. The first-order valence-electron chi connectivity index (χ1n) is 19.6. The predicted molar refractivity (Wildman–Crippen MR) is 214 cm³/mol. The number of benzene rings is 3. The number of aliphatic hydroxyl groups is 1. The van der Waals surface area contributed by atoms with E-state index in [1.54, 1.807) is 18.2 Å². The lowest BCUT2D eigenvalue weighted by atomic mass is 9.93. The zero-order chi connectivity index (χ0) is 41.2. The molecule has 0 bridgehead atoms. The molecule has 3 aromatic rings. The van der Waals surface area contributed by atoms with Crippen molar-refractivity contribution < 1.29 is 43.7 Å². The van der Waals surface area contributed by atoms with Gasteiger partial charge in [0.2, 0.25) is 23.6 Å². The Bertz CT molecular complexity index is 1740. The lowest BCUT2D eigenvalue weighted by Crippen LogP contribution is -2.62. The van der Waals surface area contributed by atoms with E-state index in [9.17, 15) is 34.2 Å². The van der Waals surface area contributed by atoms with E-state index in [1.807, 2.05) is 66.7 Å². The summed E-state index contributed by atoms with van der Waals surface area (Å²) in [5.74, 6) is -2.75. The van der Waals surface area contributed by atoms with Crippen LogP contribution in [0, 0.1) is 0 Å². The highest BCUT2D eigenvalue weighted by Crippen LogP contribution is 2.26. The van der Waals surface area contributed by atoms with Crippen LogP contribution >= 0.6 is 0 Å². The van der Waals surface area contributed by atoms with Crippen LogP contribution in [-0.2, 0) is 48.2 Å². The minimum atomic E-state index is -1.38. The largest absolute Gasteiger partial charge is 0.489 e. The third-order valence-electron chi connectivity index (χ3n) is 10.1. The summed E-state index contributed by atoms with van der Waals surface area (Å²) >= 11 is 0. The van der Waals surface area contributed by atoms with E-state index >= 15 is 0 Å². The van der Waals surface area contributed by atoms with Crippen molar-refractivity contribution >= 4 is 29.6 Å². The number of hydrogen-bond donors (Lipinski definition) is 6. The number of piperidine rings is 1. The van der Waals surface area contributed by atoms with Crippen LogP contribution in [0.2, 0.25) is 0 Å². The van der Waals surface area contributed by atoms with E-state index in [-0.39, 0.29) is 38.6 Å². The average molecular weight is 788 g/mol. The Morgan fingerprint density at radius 3 is 2.16 bits per heavy atom. The predicted octanol–water partition coefficient (Wildman–Crippen LogP) is 2.89. The van der Waals surface area contributed by atoms with Crippen molar-refractivity contribution in [2.75, 3.05) is 20.2 Å². The van der Waals surface area contributed by atoms with Crippen molar-refractivity contribution in [1.82, 2.24) is 20.9 Å². The number of likely N-dealkylation sites (tertiary alicyclic amines) is 1. The van der Waals surface area contributed by atoms with Gasteiger partial charge in [0, 0.05) is 32.1 Å². The van der Waals surface area contributed by atoms with Crippen molar-refractivity contribution in [3.63, 3.8) is 0 Å². The highest BCUT2D eigenvalue weighted by molar-refractivity contribution is 5.93. The fourth-order valence-electron chi connectivity index (χ4n) is 7.03. The maximum absolute atomic E-state index is 14.3. The van der Waals surface area contributed by atoms with Crippen molar-refractivity contribution in [2.45, 2.75) is 108 Å². The highest BCUT2D eigenvalue weighted by Gasteiger charge is 2.40. The zero-order valence-electron chi connectivity index (χ0n) is 32.8. The van der Waals surface area contributed by atoms with E-state index in [0.717, 1.165) is 11.1 Å². The van der Waals surface area contributed by atoms with Crippen LogP contribution in [0.3, 0.4) is 0 Å². The van der Waals surface area contributed by atoms with Crippen LogP contribution in [0.15, 0.2) is 84.9 Å². The van der Waals surface area contributed by atoms with Crippen molar-refractivity contribution in [3.05, 3.63) is 102 Å². The van der Waals surface area contributed by atoms with Gasteiger partial charge in [0.25, 0.3) is 0 Å². The number of amides is 4. The molecule has 0 aliphatic carbocycles. The van der Waals surface area contributed by atoms with Gasteiger partial charge >= 0.3 is 5.97 Å². The maximum Gasteiger partial charge on any atom is 0.326 e. The summed E-state index contributed by atoms with van der Waals surface area (Å²) < 4.78 is 11.8. The third kappa shape index (κ3) is 14.0. The first-order valence-corrected chi connectivity index (χ1v) is 19.6. The average Bonchev–Trinajstić information content (AvgIpc) is 3.21. The SMILES string of the molecule is CO[C@@H]1CCCN(C(=O)[C@@H](NC(=O)[C@H](Cc2ccccc2)NC(=O)Cc2ccccc2OCc2ccccc2)[C@H](C)O)[C@@H]1CCC(=O)N[C@@H](CCCCN)C(=O)O. The standard InChI is InChI=1S/C43H57N5O9/c1-29(49)40(42(53)48-25-13-21-37(56-2)35(48)22-23-38(50)45-33(43(54)55)19-11-12-24-44)47-41(52)34(26-30-14-5-3-6-15-30)46-39(51)27-32-18-9-10-20-36(32)57-28-31-16-7-4-8-17-31/h3-10,14-18,20,29,33-35,37,40,49H,11-13,19,21-28,44H2,1-2H3,(H,45,50)(H,46,51)(H,47,52)(H,54,55)/t29-,33-,34-,35+,37+,40-/m0/s1. The molecule has 7 N–H and O–H groups in total. The fraction of sp³-hybridized carbons (Fsp3) is 0.465. The van der Waals surface area contributed by atoms with Crippen molar-refractivity contribution in [1.29, 1.82) is 0 Å². The smallest absolute Gasteiger partial charge is 0.326 e. The third-order valence-corrected chi connectivity index (χ3v) is 10.1. The number of carbonyl (C=O) groups is 5. The van der Waals surface area contributed by atoms with Gasteiger partial charge in [-0.3, -0.25) is 19.2 Å². The summed E-state index contributed by atoms with van der Waals surface area (Å²) in [6, 6.07) is 21.8. The van der Waals surface area contributed by atoms with Gasteiger partial charge in [0.05, 0.1) is 24.7 Å². The number of carbonyl (C=O) groups excluding carboxylic acids is 4. The van der Waals surface area contributed by atoms with Crippen LogP contribution in [0.5, 0.6) is 5.75 Å². The van der Waals surface area contributed by atoms with Gasteiger partial charge < -0.3 is 46.3 Å². The molecule has 14 heteroatoms. The second kappa shape index (κ2) is 23.0. The Kier molecular flexibility index (Phi) is 18.0. The number of carboxylic acids is 1. The minimum absolute atomic E-state index is 0.0771. The molecule has 4 amide bonds. The van der Waals surface area contributed by atoms with Crippen LogP contribution in [0.25, 0.3) is 0 Å². The molecule has 1 fully saturated rings. The number of aliphatic hydroxyl groups excluding tert-OH is 1. The van der Waals surface area contributed by atoms with Gasteiger partial charge in [-0.25, -0.2) is 4.79 Å². The van der Waals surface area contributed by atoms with Gasteiger partial charge in [-0.05, 0) is 69.2 Å². The monoisotopic (exact) mass is 787 g/mol. The van der Waals surface area contributed by atoms with E-state index in [2.05, 4.69) is 16.0 Å². The Labute approximate surface area is 334 Å². The number of methoxy groups -OCH3 is 1. The molecule has 0 saturated carbocycles. The van der Waals surface area contributed by atoms with E-state index < -0.39 is 66.0 Å². The molecule has 4 rings (SSSR count). The molecule has 14 nitrogen and oxygen atoms in total. The number of nitrogens with two attached hydrogens (primary N) is 1. The number of aliphatic carboxylic acids is 1. The lowest BCUT2D eigenvalue weighted by Gasteiger charge is -2.42. The maximum atomic E-state index is 14.3. The number of rotatable bonds is 22. The molecule has 308 valence electrons. The van der Waals surface area contributed by atoms with Gasteiger partial charge in [-0.2, -0.15) is 0 Å². The second-order valence-corrected chi connectivity index (χ2v) is 14.4. The van der Waals surface area contributed by atoms with Crippen molar-refractivity contribution in [2.24, 2.45) is 5.73 Å². The van der Waals surface area contributed by atoms with Crippen LogP contribution < -0.4 is 26.4 Å². The first-order chi connectivity index (χ1) is 27.5. The number of ether oxygens (including phenoxy) is 2. The molecular formula is C43H57N5O9. The Hall–Kier alpha value is -5.31. The molecule has 3 aromatic carbocycles. The Morgan fingerprint density at radius 1 is 0.860 bits per heavy atom. The molecule has 0 spiro atoms. The Morgan fingerprint density at radius 2 is 1.51 bits per heavy atom. The fourth-order valence-corrected chi connectivity index (χ4v) is 7.03. The number of nitrogens with zero attached hydrogens (tertiary/aromatic N) is 1. The molecule has 57 heavy (non-hydrogen) atoms. The Balaban J connectivity index is 1.47. The van der Waals surface area contributed by atoms with E-state index in [1.165, 1.54) is 18.9 Å². The number of hydrogen-bond acceptors (Lipinski definition) is 9. The molecule has 0 radical (unpaired) electrons. The quantitative estimate of drug-likeness (QED) is 0.0821. The molecule has 0 unspecified atom stereocenters. The zero-order valence-corrected chi connectivity index (χ0v) is 32.8. The molecule has 1 heterocycles. The minimum Gasteiger partial charge on any atom is -0.489 e. The van der Waals surface area contributed by atoms with Crippen LogP contribution in [-0.4, -0.2) is 101 Å². The van der Waals surface area contributed by atoms with Gasteiger partial charge in [0.15, 0.2) is 0 Å². The summed E-state index contributed by atoms with van der Waals surface area (Å²) in [5, 5.41) is 28.7. The molecule has 1 saturated heterocycles. The summed E-state index contributed by atoms with van der Waals surface area (Å²) in [6.07, 6.45) is 0.975. The molecule has 6 atom stereocenters. The number of carboxylic acid groups (broad SMARTS) is 1. The summed E-state index contributed by atoms with van der Waals surface area (Å²) in [7, 11) is 1.52. The van der Waals surface area contributed by atoms with Crippen LogP contribution in [0.1, 0.15) is 68.6 Å². The van der Waals surface area contributed by atoms with Gasteiger partial charge in [-0.1, -0.05) is 78.9 Å². The van der Waals surface area contributed by atoms with Crippen molar-refractivity contribution in [3.8, 4) is 5.75 Å². The summed E-state index contributed by atoms with van der Waals surface area (Å²) in [6.45, 7) is 2.42.